The zero-order valence-corrected chi connectivity index (χ0v) is 15.8. The predicted octanol–water partition coefficient (Wildman–Crippen LogP) is 5.14. The molecule has 0 aliphatic heterocycles. The summed E-state index contributed by atoms with van der Waals surface area (Å²) in [6.07, 6.45) is 10.5. The molecule has 0 heterocycles. The second kappa shape index (κ2) is 6.44. The first kappa shape index (κ1) is 17.6. The fourth-order valence-corrected chi connectivity index (χ4v) is 6.84. The Morgan fingerprint density at radius 2 is 2.08 bits per heavy atom. The van der Waals surface area contributed by atoms with Crippen molar-refractivity contribution in [3.05, 3.63) is 41.5 Å². The molecule has 26 heavy (non-hydrogen) atoms. The Hall–Kier alpha value is -1.77. The molecule has 0 bridgehead atoms. The van der Waals surface area contributed by atoms with Gasteiger partial charge in [-0.1, -0.05) is 26.0 Å². The van der Waals surface area contributed by atoms with Gasteiger partial charge in [0.25, 0.3) is 0 Å². The topological polar surface area (TPSA) is 57.5 Å². The van der Waals surface area contributed by atoms with Gasteiger partial charge in [0.2, 0.25) is 0 Å². The van der Waals surface area contributed by atoms with E-state index in [-0.39, 0.29) is 0 Å². The van der Waals surface area contributed by atoms with Gasteiger partial charge in [0.15, 0.2) is 0 Å². The largest absolute Gasteiger partial charge is 0.508 e. The maximum Gasteiger partial charge on any atom is 0.327 e. The smallest absolute Gasteiger partial charge is 0.327 e. The molecular weight excluding hydrogens is 324 g/mol. The molecule has 0 unspecified atom stereocenters. The third kappa shape index (κ3) is 2.76. The molecule has 0 aromatic heterocycles. The highest BCUT2D eigenvalue weighted by Crippen LogP contribution is 2.64. The van der Waals surface area contributed by atoms with Crippen molar-refractivity contribution < 1.29 is 15.0 Å². The van der Waals surface area contributed by atoms with Crippen LogP contribution >= 0.6 is 0 Å². The summed E-state index contributed by atoms with van der Waals surface area (Å²) in [6.45, 7) is 4.67. The fraction of sp³-hybridized carbons (Fsp3) is 0.609. The number of aliphatic carboxylic acids is 1. The third-order valence-electron chi connectivity index (χ3n) is 7.96. The third-order valence-corrected chi connectivity index (χ3v) is 7.96. The zero-order valence-electron chi connectivity index (χ0n) is 15.8. The van der Waals surface area contributed by atoms with Crippen molar-refractivity contribution in [2.24, 2.45) is 29.1 Å². The van der Waals surface area contributed by atoms with Gasteiger partial charge in [-0.3, -0.25) is 0 Å². The number of aromatic hydroxyl groups is 1. The molecule has 4 rings (SSSR count). The van der Waals surface area contributed by atoms with Gasteiger partial charge in [-0.15, -0.1) is 0 Å². The van der Waals surface area contributed by atoms with Crippen molar-refractivity contribution in [3.8, 4) is 5.75 Å². The van der Waals surface area contributed by atoms with Gasteiger partial charge in [0, 0.05) is 6.08 Å². The van der Waals surface area contributed by atoms with E-state index in [0.29, 0.717) is 28.9 Å². The summed E-state index contributed by atoms with van der Waals surface area (Å²) in [4.78, 5) is 10.9. The molecule has 0 spiro atoms. The van der Waals surface area contributed by atoms with Crippen LogP contribution in [0.2, 0.25) is 0 Å². The van der Waals surface area contributed by atoms with Gasteiger partial charge < -0.3 is 10.2 Å². The van der Waals surface area contributed by atoms with Crippen molar-refractivity contribution in [2.75, 3.05) is 0 Å². The lowest BCUT2D eigenvalue weighted by molar-refractivity contribution is -0.131. The molecule has 1 aromatic rings. The number of hydrogen-bond acceptors (Lipinski definition) is 2. The minimum atomic E-state index is -0.840. The first-order valence-corrected chi connectivity index (χ1v) is 10.1. The molecule has 3 aliphatic rings. The Morgan fingerprint density at radius 1 is 1.27 bits per heavy atom. The molecule has 0 amide bonds. The van der Waals surface area contributed by atoms with E-state index in [2.05, 4.69) is 19.9 Å². The number of aryl methyl sites for hydroxylation is 1. The minimum Gasteiger partial charge on any atom is -0.508 e. The van der Waals surface area contributed by atoms with E-state index in [0.717, 1.165) is 18.3 Å². The van der Waals surface area contributed by atoms with E-state index < -0.39 is 5.97 Å². The number of carboxylic acid groups (broad SMARTS) is 1. The van der Waals surface area contributed by atoms with Crippen LogP contribution in [-0.4, -0.2) is 16.2 Å². The summed E-state index contributed by atoms with van der Waals surface area (Å²) in [5.41, 5.74) is 3.16. The van der Waals surface area contributed by atoms with Crippen molar-refractivity contribution in [1.29, 1.82) is 0 Å². The number of benzene rings is 1. The standard InChI is InChI=1S/C23H30O3/c1-14(3-10-22(25)26)20-8-9-21-19-6-4-15-13-16(24)5-7-17(15)18(19)11-12-23(20,21)2/h3,5,7,10,13-14,18-21,24H,4,6,8-9,11-12H2,1-2H3,(H,25,26)/b10-3+/t14-,18-,19-,20-,21+,23-/m1/s1. The van der Waals surface area contributed by atoms with Crippen LogP contribution in [0.5, 0.6) is 5.75 Å². The highest BCUT2D eigenvalue weighted by Gasteiger charge is 2.55. The Labute approximate surface area is 156 Å². The second-order valence-electron chi connectivity index (χ2n) is 9.08. The molecule has 1 aromatic carbocycles. The molecule has 3 heteroatoms. The van der Waals surface area contributed by atoms with Gasteiger partial charge in [0.05, 0.1) is 0 Å². The van der Waals surface area contributed by atoms with Crippen molar-refractivity contribution in [2.45, 2.75) is 58.3 Å². The molecular formula is C23H30O3. The van der Waals surface area contributed by atoms with Gasteiger partial charge >= 0.3 is 5.97 Å². The molecule has 2 saturated carbocycles. The van der Waals surface area contributed by atoms with E-state index in [1.54, 1.807) is 0 Å². The summed E-state index contributed by atoms with van der Waals surface area (Å²) >= 11 is 0. The second-order valence-corrected chi connectivity index (χ2v) is 9.08. The maximum absolute atomic E-state index is 10.9. The minimum absolute atomic E-state index is 0.325. The molecule has 3 nitrogen and oxygen atoms in total. The maximum atomic E-state index is 10.9. The number of phenols is 1. The van der Waals surface area contributed by atoms with Crippen molar-refractivity contribution in [1.82, 2.24) is 0 Å². The van der Waals surface area contributed by atoms with Crippen molar-refractivity contribution in [3.63, 3.8) is 0 Å². The van der Waals surface area contributed by atoms with Crippen LogP contribution in [0, 0.1) is 29.1 Å². The monoisotopic (exact) mass is 354 g/mol. The number of carboxylic acids is 1. The average Bonchev–Trinajstić information content (AvgIpc) is 2.96. The molecule has 2 fully saturated rings. The number of fused-ring (bicyclic) bond motifs is 5. The number of allylic oxidation sites excluding steroid dienone is 1. The van der Waals surface area contributed by atoms with Crippen LogP contribution in [-0.2, 0) is 11.2 Å². The quantitative estimate of drug-likeness (QED) is 0.739. The van der Waals surface area contributed by atoms with E-state index >= 15 is 0 Å². The van der Waals surface area contributed by atoms with Crippen LogP contribution < -0.4 is 0 Å². The summed E-state index contributed by atoms with van der Waals surface area (Å²) in [7, 11) is 0. The van der Waals surface area contributed by atoms with Gasteiger partial charge in [-0.25, -0.2) is 4.79 Å². The highest BCUT2D eigenvalue weighted by atomic mass is 16.4. The fourth-order valence-electron chi connectivity index (χ4n) is 6.84. The van der Waals surface area contributed by atoms with E-state index in [1.165, 1.54) is 49.3 Å². The summed E-state index contributed by atoms with van der Waals surface area (Å²) in [5.74, 6) is 2.59. The molecule has 3 aliphatic carbocycles. The van der Waals surface area contributed by atoms with Crippen LogP contribution in [0.3, 0.4) is 0 Å². The summed E-state index contributed by atoms with van der Waals surface area (Å²) in [5, 5.41) is 18.8. The van der Waals surface area contributed by atoms with Gasteiger partial charge in [0.1, 0.15) is 5.75 Å². The lowest BCUT2D eigenvalue weighted by atomic mass is 9.53. The molecule has 0 saturated heterocycles. The molecule has 2 N–H and O–H groups in total. The van der Waals surface area contributed by atoms with E-state index in [9.17, 15) is 9.90 Å². The molecule has 0 radical (unpaired) electrons. The van der Waals surface area contributed by atoms with Crippen LogP contribution in [0.25, 0.3) is 0 Å². The molecule has 6 atom stereocenters. The van der Waals surface area contributed by atoms with Crippen LogP contribution in [0.15, 0.2) is 30.4 Å². The first-order valence-electron chi connectivity index (χ1n) is 10.1. The number of hydrogen-bond donors (Lipinski definition) is 2. The first-order chi connectivity index (χ1) is 12.4. The number of rotatable bonds is 3. The Morgan fingerprint density at radius 3 is 2.85 bits per heavy atom. The summed E-state index contributed by atoms with van der Waals surface area (Å²) in [6, 6.07) is 5.98. The Balaban J connectivity index is 1.59. The summed E-state index contributed by atoms with van der Waals surface area (Å²) < 4.78 is 0. The number of phenolic OH excluding ortho intramolecular Hbond substituents is 1. The van der Waals surface area contributed by atoms with Crippen LogP contribution in [0.1, 0.15) is 63.0 Å². The van der Waals surface area contributed by atoms with Gasteiger partial charge in [-0.2, -0.15) is 0 Å². The predicted molar refractivity (Wildman–Crippen MR) is 102 cm³/mol. The zero-order chi connectivity index (χ0) is 18.5. The van der Waals surface area contributed by atoms with E-state index in [4.69, 9.17) is 5.11 Å². The normalized spacial score (nSPS) is 37.0. The Bertz CT molecular complexity index is 737. The lowest BCUT2D eigenvalue weighted by Gasteiger charge is -2.51. The highest BCUT2D eigenvalue weighted by molar-refractivity contribution is 5.79. The lowest BCUT2D eigenvalue weighted by Crippen LogP contribution is -2.43. The Kier molecular flexibility index (Phi) is 4.37. The van der Waals surface area contributed by atoms with Gasteiger partial charge in [-0.05, 0) is 96.8 Å². The SMILES string of the molecule is C[C@H](/C=C/C(=O)O)[C@H]1CC[C@H]2[C@@H]3CCc4cc(O)ccc4[C@H]3CC[C@]12C. The van der Waals surface area contributed by atoms with Crippen LogP contribution in [0.4, 0.5) is 0 Å². The van der Waals surface area contributed by atoms with E-state index in [1.807, 2.05) is 18.2 Å². The number of carbonyl (C=O) groups is 1. The molecule has 140 valence electrons. The average molecular weight is 354 g/mol. The van der Waals surface area contributed by atoms with Crippen molar-refractivity contribution >= 4 is 5.97 Å².